The summed E-state index contributed by atoms with van der Waals surface area (Å²) >= 11 is 0. The lowest BCUT2D eigenvalue weighted by Crippen LogP contribution is -2.24. The molecule has 1 aromatic carbocycles. The highest BCUT2D eigenvalue weighted by Crippen LogP contribution is 2.02. The van der Waals surface area contributed by atoms with E-state index in [-0.39, 0.29) is 5.91 Å². The number of hydrogen-bond acceptors (Lipinski definition) is 1. The number of aryl methyl sites for hydroxylation is 2. The Kier molecular flexibility index (Phi) is 5.90. The van der Waals surface area contributed by atoms with E-state index in [0.29, 0.717) is 6.42 Å². The number of amides is 1. The molecule has 0 aliphatic heterocycles. The molecule has 0 aliphatic carbocycles. The third-order valence-electron chi connectivity index (χ3n) is 3.29. The highest BCUT2D eigenvalue weighted by atomic mass is 16.1. The Hall–Kier alpha value is -2.03. The van der Waals surface area contributed by atoms with Crippen LogP contribution >= 0.6 is 0 Å². The maximum Gasteiger partial charge on any atom is 0.220 e. The van der Waals surface area contributed by atoms with E-state index in [9.17, 15) is 4.79 Å². The van der Waals surface area contributed by atoms with E-state index in [4.69, 9.17) is 0 Å². The van der Waals surface area contributed by atoms with Crippen molar-refractivity contribution < 1.29 is 4.79 Å². The lowest BCUT2D eigenvalue weighted by Gasteiger charge is -2.06. The van der Waals surface area contributed by atoms with Crippen molar-refractivity contribution in [1.29, 1.82) is 0 Å². The van der Waals surface area contributed by atoms with Crippen LogP contribution in [0.5, 0.6) is 0 Å². The lowest BCUT2D eigenvalue weighted by molar-refractivity contribution is -0.121. The molecule has 0 saturated carbocycles. The molecule has 0 radical (unpaired) electrons. The van der Waals surface area contributed by atoms with E-state index in [1.165, 1.54) is 5.56 Å². The number of nitrogens with zero attached hydrogens (tertiary/aromatic N) is 1. The summed E-state index contributed by atoms with van der Waals surface area (Å²) in [5.74, 6) is 0.158. The van der Waals surface area contributed by atoms with E-state index in [2.05, 4.69) is 34.1 Å². The first-order valence-corrected chi connectivity index (χ1v) is 7.26. The maximum atomic E-state index is 11.7. The second kappa shape index (κ2) is 8.20. The van der Waals surface area contributed by atoms with Gasteiger partial charge in [-0.1, -0.05) is 30.3 Å². The van der Waals surface area contributed by atoms with Gasteiger partial charge in [0.25, 0.3) is 0 Å². The SMILES string of the molecule is O=C(CCCn1cccc1)NCCCc1ccccc1. The molecule has 0 bridgehead atoms. The summed E-state index contributed by atoms with van der Waals surface area (Å²) in [4.78, 5) is 11.7. The normalized spacial score (nSPS) is 10.4. The lowest BCUT2D eigenvalue weighted by atomic mass is 10.1. The van der Waals surface area contributed by atoms with Gasteiger partial charge in [0.1, 0.15) is 0 Å². The van der Waals surface area contributed by atoms with Crippen molar-refractivity contribution in [2.75, 3.05) is 6.54 Å². The molecular weight excluding hydrogens is 248 g/mol. The Morgan fingerprint density at radius 1 is 1.00 bits per heavy atom. The molecule has 0 atom stereocenters. The standard InChI is InChI=1S/C17H22N2O/c20-17(11-7-15-19-13-4-5-14-19)18-12-6-10-16-8-2-1-3-9-16/h1-5,8-9,13-14H,6-7,10-12,15H2,(H,18,20). The summed E-state index contributed by atoms with van der Waals surface area (Å²) < 4.78 is 2.10. The molecule has 1 N–H and O–H groups in total. The molecule has 2 rings (SSSR count). The predicted molar refractivity (Wildman–Crippen MR) is 81.4 cm³/mol. The molecule has 1 aromatic heterocycles. The number of hydrogen-bond donors (Lipinski definition) is 1. The minimum Gasteiger partial charge on any atom is -0.356 e. The quantitative estimate of drug-likeness (QED) is 0.735. The van der Waals surface area contributed by atoms with Crippen LogP contribution < -0.4 is 5.32 Å². The summed E-state index contributed by atoms with van der Waals surface area (Å²) in [7, 11) is 0. The summed E-state index contributed by atoms with van der Waals surface area (Å²) in [6.07, 6.45) is 7.55. The van der Waals surface area contributed by atoms with Crippen LogP contribution in [0, 0.1) is 0 Å². The molecule has 1 amide bonds. The van der Waals surface area contributed by atoms with Gasteiger partial charge in [-0.3, -0.25) is 4.79 Å². The van der Waals surface area contributed by atoms with Crippen LogP contribution in [0.3, 0.4) is 0 Å². The fourth-order valence-electron chi connectivity index (χ4n) is 2.19. The van der Waals surface area contributed by atoms with Crippen molar-refractivity contribution in [1.82, 2.24) is 9.88 Å². The summed E-state index contributed by atoms with van der Waals surface area (Å²) in [6.45, 7) is 1.67. The van der Waals surface area contributed by atoms with Crippen molar-refractivity contribution in [3.8, 4) is 0 Å². The minimum absolute atomic E-state index is 0.158. The summed E-state index contributed by atoms with van der Waals surface area (Å²) in [5.41, 5.74) is 1.33. The molecule has 1 heterocycles. The minimum atomic E-state index is 0.158. The van der Waals surface area contributed by atoms with Crippen molar-refractivity contribution >= 4 is 5.91 Å². The first-order valence-electron chi connectivity index (χ1n) is 7.26. The third kappa shape index (κ3) is 5.31. The fourth-order valence-corrected chi connectivity index (χ4v) is 2.19. The summed E-state index contributed by atoms with van der Waals surface area (Å²) in [5, 5.41) is 2.98. The first kappa shape index (κ1) is 14.4. The van der Waals surface area contributed by atoms with E-state index in [1.807, 2.05) is 30.6 Å². The van der Waals surface area contributed by atoms with Crippen molar-refractivity contribution in [3.63, 3.8) is 0 Å². The van der Waals surface area contributed by atoms with Crippen LogP contribution in [0.2, 0.25) is 0 Å². The van der Waals surface area contributed by atoms with Crippen LogP contribution in [0.25, 0.3) is 0 Å². The Bertz CT molecular complexity index is 491. The van der Waals surface area contributed by atoms with Crippen LogP contribution in [0.1, 0.15) is 24.8 Å². The van der Waals surface area contributed by atoms with Gasteiger partial charge in [0.15, 0.2) is 0 Å². The molecule has 0 saturated heterocycles. The van der Waals surface area contributed by atoms with E-state index >= 15 is 0 Å². The second-order valence-corrected chi connectivity index (χ2v) is 4.96. The summed E-state index contributed by atoms with van der Waals surface area (Å²) in [6, 6.07) is 14.4. The number of nitrogens with one attached hydrogen (secondary N) is 1. The van der Waals surface area contributed by atoms with Gasteiger partial charge in [-0.15, -0.1) is 0 Å². The van der Waals surface area contributed by atoms with Gasteiger partial charge >= 0.3 is 0 Å². The highest BCUT2D eigenvalue weighted by Gasteiger charge is 2.00. The molecule has 106 valence electrons. The molecule has 3 nitrogen and oxygen atoms in total. The van der Waals surface area contributed by atoms with E-state index in [1.54, 1.807) is 0 Å². The average Bonchev–Trinajstić information content (AvgIpc) is 2.98. The van der Waals surface area contributed by atoms with Crippen LogP contribution in [0.15, 0.2) is 54.9 Å². The highest BCUT2D eigenvalue weighted by molar-refractivity contribution is 5.75. The Morgan fingerprint density at radius 2 is 1.75 bits per heavy atom. The van der Waals surface area contributed by atoms with Gasteiger partial charge in [-0.25, -0.2) is 0 Å². The number of benzene rings is 1. The number of carbonyl (C=O) groups is 1. The van der Waals surface area contributed by atoms with Crippen molar-refractivity contribution in [3.05, 3.63) is 60.4 Å². The van der Waals surface area contributed by atoms with E-state index < -0.39 is 0 Å². The fraction of sp³-hybridized carbons (Fsp3) is 0.353. The van der Waals surface area contributed by atoms with Gasteiger partial charge < -0.3 is 9.88 Å². The van der Waals surface area contributed by atoms with E-state index in [0.717, 1.165) is 32.4 Å². The zero-order valence-electron chi connectivity index (χ0n) is 11.8. The van der Waals surface area contributed by atoms with Crippen molar-refractivity contribution in [2.45, 2.75) is 32.2 Å². The number of carbonyl (C=O) groups excluding carboxylic acids is 1. The van der Waals surface area contributed by atoms with Gasteiger partial charge in [0.2, 0.25) is 5.91 Å². The van der Waals surface area contributed by atoms with Gasteiger partial charge in [0, 0.05) is 31.9 Å². The molecule has 2 aromatic rings. The molecule has 0 fully saturated rings. The topological polar surface area (TPSA) is 34.0 Å². The van der Waals surface area contributed by atoms with Crippen molar-refractivity contribution in [2.24, 2.45) is 0 Å². The average molecular weight is 270 g/mol. The molecule has 3 heteroatoms. The van der Waals surface area contributed by atoms with Gasteiger partial charge in [-0.2, -0.15) is 0 Å². The van der Waals surface area contributed by atoms with Crippen LogP contribution in [-0.4, -0.2) is 17.0 Å². The molecule has 0 aliphatic rings. The molecule has 20 heavy (non-hydrogen) atoms. The Balaban J connectivity index is 1.52. The first-order chi connectivity index (χ1) is 9.84. The zero-order valence-corrected chi connectivity index (χ0v) is 11.8. The molecule has 0 spiro atoms. The van der Waals surface area contributed by atoms with Gasteiger partial charge in [-0.05, 0) is 37.0 Å². The number of aromatic nitrogens is 1. The van der Waals surface area contributed by atoms with Crippen LogP contribution in [-0.2, 0) is 17.8 Å². The zero-order chi connectivity index (χ0) is 14.0. The van der Waals surface area contributed by atoms with Crippen LogP contribution in [0.4, 0.5) is 0 Å². The largest absolute Gasteiger partial charge is 0.356 e. The Morgan fingerprint density at radius 3 is 2.50 bits per heavy atom. The predicted octanol–water partition coefficient (Wildman–Crippen LogP) is 3.02. The number of rotatable bonds is 8. The molecular formula is C17H22N2O. The smallest absolute Gasteiger partial charge is 0.220 e. The second-order valence-electron chi connectivity index (χ2n) is 4.96. The third-order valence-corrected chi connectivity index (χ3v) is 3.29. The van der Waals surface area contributed by atoms with Gasteiger partial charge in [0.05, 0.1) is 0 Å². The molecule has 0 unspecified atom stereocenters. The Labute approximate surface area is 120 Å². The monoisotopic (exact) mass is 270 g/mol. The maximum absolute atomic E-state index is 11.7.